The number of alkyl halides is 1. The summed E-state index contributed by atoms with van der Waals surface area (Å²) in [7, 11) is 1.55. The van der Waals surface area contributed by atoms with Crippen LogP contribution in [0.2, 0.25) is 0 Å². The quantitative estimate of drug-likeness (QED) is 0.703. The van der Waals surface area contributed by atoms with Gasteiger partial charge in [-0.1, -0.05) is 41.4 Å². The van der Waals surface area contributed by atoms with Gasteiger partial charge in [-0.25, -0.2) is 0 Å². The van der Waals surface area contributed by atoms with E-state index in [-0.39, 0.29) is 23.1 Å². The third-order valence-corrected chi connectivity index (χ3v) is 3.73. The smallest absolute Gasteiger partial charge is 0.233 e. The van der Waals surface area contributed by atoms with E-state index >= 15 is 0 Å². The third-order valence-electron chi connectivity index (χ3n) is 2.86. The molecule has 0 saturated carbocycles. The first-order valence-corrected chi connectivity index (χ1v) is 7.84. The molecule has 0 aliphatic carbocycles. The van der Waals surface area contributed by atoms with E-state index < -0.39 is 0 Å². The molecular formula is C15H21BrN2O3. The topological polar surface area (TPSA) is 67.4 Å². The molecule has 1 aromatic carbocycles. The van der Waals surface area contributed by atoms with Gasteiger partial charge in [0.25, 0.3) is 0 Å². The van der Waals surface area contributed by atoms with Crippen LogP contribution in [0, 0.1) is 0 Å². The fourth-order valence-corrected chi connectivity index (χ4v) is 2.37. The van der Waals surface area contributed by atoms with Crippen LogP contribution in [0.5, 0.6) is 5.75 Å². The number of rotatable bonds is 8. The largest absolute Gasteiger partial charge is 0.495 e. The summed E-state index contributed by atoms with van der Waals surface area (Å²) in [6, 6.07) is 7.20. The standard InChI is InChI=1S/C15H21BrN2O3/c1-3-6-11(16)15(20)17-10-9-14(19)18-12-7-4-5-8-13(12)21-2/h4-5,7-8,11H,3,6,9-10H2,1-2H3,(H,17,20)(H,18,19). The van der Waals surface area contributed by atoms with Crippen LogP contribution in [0.3, 0.4) is 0 Å². The summed E-state index contributed by atoms with van der Waals surface area (Å²) < 4.78 is 5.16. The second-order valence-electron chi connectivity index (χ2n) is 4.55. The summed E-state index contributed by atoms with van der Waals surface area (Å²) in [6.07, 6.45) is 1.92. The van der Waals surface area contributed by atoms with Gasteiger partial charge in [-0.15, -0.1) is 0 Å². The van der Waals surface area contributed by atoms with Crippen LogP contribution in [0.4, 0.5) is 5.69 Å². The molecular weight excluding hydrogens is 336 g/mol. The van der Waals surface area contributed by atoms with E-state index in [9.17, 15) is 9.59 Å². The summed E-state index contributed by atoms with van der Waals surface area (Å²) in [6.45, 7) is 2.33. The summed E-state index contributed by atoms with van der Waals surface area (Å²) >= 11 is 3.31. The van der Waals surface area contributed by atoms with Crippen molar-refractivity contribution in [1.29, 1.82) is 0 Å². The van der Waals surface area contributed by atoms with Gasteiger partial charge in [0.2, 0.25) is 11.8 Å². The van der Waals surface area contributed by atoms with Crippen molar-refractivity contribution in [2.75, 3.05) is 19.0 Å². The Morgan fingerprint density at radius 2 is 2.05 bits per heavy atom. The van der Waals surface area contributed by atoms with Crippen molar-refractivity contribution in [1.82, 2.24) is 5.32 Å². The molecule has 0 aromatic heterocycles. The molecule has 0 spiro atoms. The van der Waals surface area contributed by atoms with Crippen LogP contribution in [0.15, 0.2) is 24.3 Å². The third kappa shape index (κ3) is 6.16. The van der Waals surface area contributed by atoms with Gasteiger partial charge < -0.3 is 15.4 Å². The Bertz CT molecular complexity index is 480. The highest BCUT2D eigenvalue weighted by Gasteiger charge is 2.13. The molecule has 5 nitrogen and oxygen atoms in total. The van der Waals surface area contributed by atoms with Crippen LogP contribution in [0.1, 0.15) is 26.2 Å². The predicted octanol–water partition coefficient (Wildman–Crippen LogP) is 2.70. The Hall–Kier alpha value is -1.56. The molecule has 21 heavy (non-hydrogen) atoms. The molecule has 0 fully saturated rings. The number of hydrogen-bond donors (Lipinski definition) is 2. The van der Waals surface area contributed by atoms with Crippen LogP contribution >= 0.6 is 15.9 Å². The minimum atomic E-state index is -0.195. The average molecular weight is 357 g/mol. The van der Waals surface area contributed by atoms with Crippen LogP contribution in [0.25, 0.3) is 0 Å². The first-order valence-electron chi connectivity index (χ1n) is 6.93. The first-order chi connectivity index (χ1) is 10.1. The Balaban J connectivity index is 2.36. The zero-order chi connectivity index (χ0) is 15.7. The molecule has 6 heteroatoms. The van der Waals surface area contributed by atoms with Crippen molar-refractivity contribution >= 4 is 33.4 Å². The number of methoxy groups -OCH3 is 1. The lowest BCUT2D eigenvalue weighted by Gasteiger charge is -2.11. The lowest BCUT2D eigenvalue weighted by Crippen LogP contribution is -2.33. The van der Waals surface area contributed by atoms with Crippen molar-refractivity contribution < 1.29 is 14.3 Å². The molecule has 1 unspecified atom stereocenters. The zero-order valence-electron chi connectivity index (χ0n) is 12.3. The number of benzene rings is 1. The number of anilines is 1. The maximum Gasteiger partial charge on any atom is 0.233 e. The number of carbonyl (C=O) groups excluding carboxylic acids is 2. The van der Waals surface area contributed by atoms with Crippen molar-refractivity contribution in [3.05, 3.63) is 24.3 Å². The Labute approximate surface area is 133 Å². The highest BCUT2D eigenvalue weighted by atomic mass is 79.9. The van der Waals surface area contributed by atoms with Gasteiger partial charge in [0.1, 0.15) is 5.75 Å². The second kappa shape index (κ2) is 9.39. The summed E-state index contributed by atoms with van der Waals surface area (Å²) in [4.78, 5) is 23.3. The SMILES string of the molecule is CCCC(Br)C(=O)NCCC(=O)Nc1ccccc1OC. The van der Waals surface area contributed by atoms with Gasteiger partial charge >= 0.3 is 0 Å². The monoisotopic (exact) mass is 356 g/mol. The molecule has 0 heterocycles. The highest BCUT2D eigenvalue weighted by molar-refractivity contribution is 9.10. The zero-order valence-corrected chi connectivity index (χ0v) is 13.9. The summed E-state index contributed by atoms with van der Waals surface area (Å²) in [5.41, 5.74) is 0.626. The van der Waals surface area contributed by atoms with Gasteiger partial charge in [-0.05, 0) is 18.6 Å². The van der Waals surface area contributed by atoms with E-state index in [0.717, 1.165) is 12.8 Å². The molecule has 0 radical (unpaired) electrons. The van der Waals surface area contributed by atoms with E-state index in [1.165, 1.54) is 0 Å². The lowest BCUT2D eigenvalue weighted by atomic mass is 10.2. The van der Waals surface area contributed by atoms with Crippen molar-refractivity contribution in [2.24, 2.45) is 0 Å². The molecule has 116 valence electrons. The number of halogens is 1. The van der Waals surface area contributed by atoms with E-state index in [0.29, 0.717) is 18.0 Å². The fraction of sp³-hybridized carbons (Fsp3) is 0.467. The van der Waals surface area contributed by atoms with E-state index in [1.54, 1.807) is 19.2 Å². The minimum Gasteiger partial charge on any atom is -0.495 e. The number of amides is 2. The van der Waals surface area contributed by atoms with Crippen LogP contribution in [-0.4, -0.2) is 30.3 Å². The average Bonchev–Trinajstić information content (AvgIpc) is 2.47. The van der Waals surface area contributed by atoms with E-state index in [4.69, 9.17) is 4.74 Å². The van der Waals surface area contributed by atoms with Crippen LogP contribution in [-0.2, 0) is 9.59 Å². The number of nitrogens with one attached hydrogen (secondary N) is 2. The fourth-order valence-electron chi connectivity index (χ4n) is 1.76. The maximum absolute atomic E-state index is 11.8. The molecule has 1 aromatic rings. The van der Waals surface area contributed by atoms with E-state index in [2.05, 4.69) is 26.6 Å². The molecule has 1 atom stereocenters. The van der Waals surface area contributed by atoms with Gasteiger partial charge in [-0.3, -0.25) is 9.59 Å². The maximum atomic E-state index is 11.8. The first kappa shape index (κ1) is 17.5. The molecule has 2 amide bonds. The van der Waals surface area contributed by atoms with Crippen molar-refractivity contribution in [2.45, 2.75) is 31.0 Å². The Kier molecular flexibility index (Phi) is 7.82. The Morgan fingerprint density at radius 3 is 2.71 bits per heavy atom. The normalized spacial score (nSPS) is 11.6. The molecule has 2 N–H and O–H groups in total. The molecule has 1 rings (SSSR count). The van der Waals surface area contributed by atoms with E-state index in [1.807, 2.05) is 19.1 Å². The number of para-hydroxylation sites is 2. The second-order valence-corrected chi connectivity index (χ2v) is 5.65. The summed E-state index contributed by atoms with van der Waals surface area (Å²) in [5.74, 6) is 0.363. The summed E-state index contributed by atoms with van der Waals surface area (Å²) in [5, 5.41) is 5.50. The van der Waals surface area contributed by atoms with Gasteiger partial charge in [-0.2, -0.15) is 0 Å². The number of carbonyl (C=O) groups is 2. The van der Waals surface area contributed by atoms with Crippen molar-refractivity contribution in [3.8, 4) is 5.75 Å². The number of ether oxygens (including phenoxy) is 1. The lowest BCUT2D eigenvalue weighted by molar-refractivity contribution is -0.120. The van der Waals surface area contributed by atoms with Gasteiger partial charge in [0.15, 0.2) is 0 Å². The van der Waals surface area contributed by atoms with Gasteiger partial charge in [0, 0.05) is 13.0 Å². The predicted molar refractivity (Wildman–Crippen MR) is 86.9 cm³/mol. The van der Waals surface area contributed by atoms with Gasteiger partial charge in [0.05, 0.1) is 17.6 Å². The highest BCUT2D eigenvalue weighted by Crippen LogP contribution is 2.22. The minimum absolute atomic E-state index is 0.0815. The van der Waals surface area contributed by atoms with Crippen LogP contribution < -0.4 is 15.4 Å². The molecule has 0 bridgehead atoms. The molecule has 0 aliphatic rings. The molecule has 0 saturated heterocycles. The number of hydrogen-bond acceptors (Lipinski definition) is 3. The van der Waals surface area contributed by atoms with Crippen molar-refractivity contribution in [3.63, 3.8) is 0 Å². The Morgan fingerprint density at radius 1 is 1.33 bits per heavy atom. The molecule has 0 aliphatic heterocycles.